The van der Waals surface area contributed by atoms with Gasteiger partial charge in [0, 0.05) is 0 Å². The number of benzene rings is 1. The van der Waals surface area contributed by atoms with Gasteiger partial charge < -0.3 is 40.1 Å². The number of phenols is 3. The van der Waals surface area contributed by atoms with Gasteiger partial charge in [0.25, 0.3) is 0 Å². The number of hydrogen-bond acceptors (Lipinski definition) is 10. The Balaban J connectivity index is 2.24. The Bertz CT molecular complexity index is 674. The van der Waals surface area contributed by atoms with Crippen molar-refractivity contribution in [2.24, 2.45) is 0 Å². The van der Waals surface area contributed by atoms with Gasteiger partial charge in [-0.2, -0.15) is 0 Å². The van der Waals surface area contributed by atoms with E-state index in [4.69, 9.17) is 5.11 Å². The van der Waals surface area contributed by atoms with Gasteiger partial charge in [0.15, 0.2) is 29.5 Å². The van der Waals surface area contributed by atoms with Gasteiger partial charge in [-0.1, -0.05) is 0 Å². The zero-order valence-corrected chi connectivity index (χ0v) is 11.7. The molecular weight excluding hydrogens is 332 g/mol. The summed E-state index contributed by atoms with van der Waals surface area (Å²) in [6.45, 7) is 0. The Morgan fingerprint density at radius 1 is 1.12 bits per heavy atom. The van der Waals surface area contributed by atoms with Crippen molar-refractivity contribution in [1.82, 2.24) is 0 Å². The predicted molar refractivity (Wildman–Crippen MR) is 70.2 cm³/mol. The molecule has 0 amide bonds. The van der Waals surface area contributed by atoms with E-state index in [0.29, 0.717) is 12.1 Å². The number of carboxylic acid groups (broad SMARTS) is 1. The van der Waals surface area contributed by atoms with Crippen molar-refractivity contribution in [2.75, 3.05) is 0 Å². The Labute approximate surface area is 132 Å². The summed E-state index contributed by atoms with van der Waals surface area (Å²) < 4.78 is 9.09. The van der Waals surface area contributed by atoms with Crippen molar-refractivity contribution >= 4 is 17.9 Å². The van der Waals surface area contributed by atoms with Crippen molar-refractivity contribution in [3.8, 4) is 17.2 Å². The third kappa shape index (κ3) is 3.02. The number of hydrogen-bond donors (Lipinski definition) is 6. The fourth-order valence-corrected chi connectivity index (χ4v) is 2.00. The number of aliphatic hydroxyl groups is 2. The third-order valence-electron chi connectivity index (χ3n) is 3.23. The van der Waals surface area contributed by atoms with Crippen LogP contribution < -0.4 is 0 Å². The number of carbonyl (C=O) groups is 3. The molecule has 1 heterocycles. The van der Waals surface area contributed by atoms with Crippen LogP contribution in [0.2, 0.25) is 0 Å². The number of cyclic esters (lactones) is 1. The molecule has 0 bridgehead atoms. The third-order valence-corrected chi connectivity index (χ3v) is 3.23. The van der Waals surface area contributed by atoms with Gasteiger partial charge in [-0.3, -0.25) is 0 Å². The second-order valence-electron chi connectivity index (χ2n) is 4.86. The smallest absolute Gasteiger partial charge is 0.349 e. The topological polar surface area (TPSA) is 191 Å². The molecule has 0 radical (unpaired) electrons. The lowest BCUT2D eigenvalue weighted by Crippen LogP contribution is -2.45. The number of carbonyl (C=O) groups excluding carboxylic acids is 2. The minimum absolute atomic E-state index is 0.520. The number of rotatable bonds is 4. The normalized spacial score (nSPS) is 24.2. The van der Waals surface area contributed by atoms with E-state index < -0.39 is 65.1 Å². The van der Waals surface area contributed by atoms with Gasteiger partial charge in [0.05, 0.1) is 5.56 Å². The average molecular weight is 344 g/mol. The molecule has 1 aromatic carbocycles. The maximum Gasteiger partial charge on any atom is 0.349 e. The molecular formula is C13H12O11. The summed E-state index contributed by atoms with van der Waals surface area (Å²) in [5, 5.41) is 55.8. The van der Waals surface area contributed by atoms with Crippen LogP contribution in [-0.2, 0) is 19.1 Å². The summed E-state index contributed by atoms with van der Waals surface area (Å²) in [7, 11) is 0. The lowest BCUT2D eigenvalue weighted by molar-refractivity contribution is -0.162. The number of aliphatic carboxylic acids is 1. The predicted octanol–water partition coefficient (Wildman–Crippen LogP) is -1.94. The van der Waals surface area contributed by atoms with E-state index in [-0.39, 0.29) is 0 Å². The van der Waals surface area contributed by atoms with Crippen LogP contribution in [0.25, 0.3) is 0 Å². The van der Waals surface area contributed by atoms with Crippen LogP contribution >= 0.6 is 0 Å². The van der Waals surface area contributed by atoms with Crippen LogP contribution in [0.5, 0.6) is 17.2 Å². The zero-order chi connectivity index (χ0) is 18.2. The first-order chi connectivity index (χ1) is 11.1. The number of aliphatic hydroxyl groups excluding tert-OH is 2. The first-order valence-corrected chi connectivity index (χ1v) is 6.38. The van der Waals surface area contributed by atoms with Gasteiger partial charge >= 0.3 is 17.9 Å². The molecule has 11 heteroatoms. The van der Waals surface area contributed by atoms with Gasteiger partial charge in [-0.05, 0) is 12.1 Å². The second-order valence-corrected chi connectivity index (χ2v) is 4.86. The molecule has 1 saturated heterocycles. The zero-order valence-electron chi connectivity index (χ0n) is 11.7. The molecule has 1 aromatic rings. The Hall–Kier alpha value is -3.05. The molecule has 1 fully saturated rings. The summed E-state index contributed by atoms with van der Waals surface area (Å²) in [5.41, 5.74) is -0.520. The standard InChI is InChI=1S/C13H12O11/c14-4-1-3(2-5(15)6(4)16)12(21)24-10(11(19)20)9-7(17)8(18)13(22)23-9/h1-2,7-10,14-18H,(H,19,20)/t7-,8-,9+,10+/m1/s1. The Morgan fingerprint density at radius 2 is 1.67 bits per heavy atom. The molecule has 130 valence electrons. The lowest BCUT2D eigenvalue weighted by atomic mass is 10.1. The largest absolute Gasteiger partial charge is 0.504 e. The molecule has 0 aromatic heterocycles. The van der Waals surface area contributed by atoms with Crippen LogP contribution in [0.3, 0.4) is 0 Å². The van der Waals surface area contributed by atoms with Crippen LogP contribution in [0, 0.1) is 0 Å². The van der Waals surface area contributed by atoms with Crippen molar-refractivity contribution in [3.05, 3.63) is 17.7 Å². The monoisotopic (exact) mass is 344 g/mol. The summed E-state index contributed by atoms with van der Waals surface area (Å²) >= 11 is 0. The highest BCUT2D eigenvalue weighted by Gasteiger charge is 2.50. The maximum atomic E-state index is 11.9. The fourth-order valence-electron chi connectivity index (χ4n) is 2.00. The van der Waals surface area contributed by atoms with Crippen molar-refractivity contribution in [3.63, 3.8) is 0 Å². The molecule has 0 spiro atoms. The van der Waals surface area contributed by atoms with E-state index in [0.717, 1.165) is 0 Å². The fraction of sp³-hybridized carbons (Fsp3) is 0.308. The molecule has 24 heavy (non-hydrogen) atoms. The van der Waals surface area contributed by atoms with Gasteiger partial charge in [0.1, 0.15) is 6.10 Å². The average Bonchev–Trinajstić information content (AvgIpc) is 2.76. The molecule has 4 atom stereocenters. The highest BCUT2D eigenvalue weighted by Crippen LogP contribution is 2.35. The molecule has 1 aliphatic rings. The number of aromatic hydroxyl groups is 3. The summed E-state index contributed by atoms with van der Waals surface area (Å²) in [4.78, 5) is 34.3. The number of carboxylic acids is 1. The van der Waals surface area contributed by atoms with Crippen LogP contribution in [0.15, 0.2) is 12.1 Å². The minimum atomic E-state index is -2.16. The number of phenolic OH excluding ortho intramolecular Hbond substituents is 3. The van der Waals surface area contributed by atoms with E-state index in [9.17, 15) is 39.9 Å². The van der Waals surface area contributed by atoms with E-state index >= 15 is 0 Å². The quantitative estimate of drug-likeness (QED) is 0.263. The van der Waals surface area contributed by atoms with Crippen LogP contribution in [0.1, 0.15) is 10.4 Å². The van der Waals surface area contributed by atoms with Gasteiger partial charge in [-0.15, -0.1) is 0 Å². The van der Waals surface area contributed by atoms with Gasteiger partial charge in [0.2, 0.25) is 6.10 Å². The van der Waals surface area contributed by atoms with Crippen molar-refractivity contribution in [2.45, 2.75) is 24.4 Å². The second kappa shape index (κ2) is 6.22. The highest BCUT2D eigenvalue weighted by molar-refractivity contribution is 5.93. The number of esters is 2. The Morgan fingerprint density at radius 3 is 2.08 bits per heavy atom. The van der Waals surface area contributed by atoms with E-state index in [1.165, 1.54) is 0 Å². The van der Waals surface area contributed by atoms with Gasteiger partial charge in [-0.25, -0.2) is 14.4 Å². The molecule has 1 aliphatic heterocycles. The summed E-state index contributed by atoms with van der Waals surface area (Å²) in [6.07, 6.45) is -7.94. The Kier molecular flexibility index (Phi) is 4.48. The molecule has 6 N–H and O–H groups in total. The van der Waals surface area contributed by atoms with E-state index in [1.807, 2.05) is 0 Å². The lowest BCUT2D eigenvalue weighted by Gasteiger charge is -2.21. The first-order valence-electron chi connectivity index (χ1n) is 6.38. The van der Waals surface area contributed by atoms with E-state index in [2.05, 4.69) is 9.47 Å². The SMILES string of the molecule is O=C(O[C@H](C(=O)O)[C@H]1OC(=O)[C@H](O)[C@H]1O)c1cc(O)c(O)c(O)c1. The molecule has 0 aliphatic carbocycles. The summed E-state index contributed by atoms with van der Waals surface area (Å²) in [5.74, 6) is -7.05. The summed E-state index contributed by atoms with van der Waals surface area (Å²) in [6, 6.07) is 1.39. The molecule has 0 unspecified atom stereocenters. The van der Waals surface area contributed by atoms with Crippen LogP contribution in [-0.4, -0.2) is 73.0 Å². The molecule has 11 nitrogen and oxygen atoms in total. The van der Waals surface area contributed by atoms with Crippen molar-refractivity contribution in [1.29, 1.82) is 0 Å². The van der Waals surface area contributed by atoms with Crippen LogP contribution in [0.4, 0.5) is 0 Å². The molecule has 0 saturated carbocycles. The van der Waals surface area contributed by atoms with E-state index in [1.54, 1.807) is 0 Å². The van der Waals surface area contributed by atoms with Crippen molar-refractivity contribution < 1.29 is 54.5 Å². The molecule has 2 rings (SSSR count). The highest BCUT2D eigenvalue weighted by atomic mass is 16.6. The minimum Gasteiger partial charge on any atom is -0.504 e. The maximum absolute atomic E-state index is 11.9. The number of ether oxygens (including phenoxy) is 2. The first kappa shape index (κ1) is 17.3.